The van der Waals surface area contributed by atoms with Crippen LogP contribution in [0.5, 0.6) is 0 Å². The third kappa shape index (κ3) is 3.95. The van der Waals surface area contributed by atoms with Gasteiger partial charge in [0.1, 0.15) is 5.82 Å². The fraction of sp³-hybridized carbons (Fsp3) is 0.188. The van der Waals surface area contributed by atoms with Gasteiger partial charge in [0.25, 0.3) is 5.91 Å². The molecular weight excluding hydrogens is 291 g/mol. The highest BCUT2D eigenvalue weighted by molar-refractivity contribution is 6.30. The van der Waals surface area contributed by atoms with Crippen molar-refractivity contribution < 1.29 is 9.18 Å². The largest absolute Gasteiger partial charge is 0.396 e. The number of rotatable bonds is 4. The summed E-state index contributed by atoms with van der Waals surface area (Å²) < 4.78 is 13.3. The van der Waals surface area contributed by atoms with Crippen LogP contribution in [0.3, 0.4) is 0 Å². The number of anilines is 1. The molecule has 1 amide bonds. The van der Waals surface area contributed by atoms with Crippen LogP contribution in [-0.2, 0) is 6.42 Å². The molecule has 3 nitrogen and oxygen atoms in total. The maximum absolute atomic E-state index is 13.3. The Labute approximate surface area is 127 Å². The number of carbonyl (C=O) groups is 1. The molecule has 0 heterocycles. The number of hydrogen-bond donors (Lipinski definition) is 2. The van der Waals surface area contributed by atoms with Crippen molar-refractivity contribution in [2.45, 2.75) is 19.4 Å². The van der Waals surface area contributed by atoms with Crippen LogP contribution in [0.25, 0.3) is 0 Å². The highest BCUT2D eigenvalue weighted by Crippen LogP contribution is 2.16. The predicted molar refractivity (Wildman–Crippen MR) is 82.9 cm³/mol. The smallest absolute Gasteiger partial charge is 0.253 e. The van der Waals surface area contributed by atoms with Gasteiger partial charge in [-0.2, -0.15) is 0 Å². The number of nitrogens with two attached hydrogens (primary N) is 1. The van der Waals surface area contributed by atoms with Gasteiger partial charge in [-0.05, 0) is 43.2 Å². The van der Waals surface area contributed by atoms with E-state index >= 15 is 0 Å². The summed E-state index contributed by atoms with van der Waals surface area (Å²) in [6.07, 6.45) is 0.651. The molecule has 0 aliphatic rings. The van der Waals surface area contributed by atoms with Crippen LogP contribution in [-0.4, -0.2) is 11.9 Å². The molecule has 21 heavy (non-hydrogen) atoms. The van der Waals surface area contributed by atoms with E-state index in [0.717, 1.165) is 5.56 Å². The molecule has 0 aromatic heterocycles. The zero-order valence-electron chi connectivity index (χ0n) is 11.6. The summed E-state index contributed by atoms with van der Waals surface area (Å²) in [6, 6.07) is 11.5. The van der Waals surface area contributed by atoms with E-state index in [2.05, 4.69) is 5.32 Å². The third-order valence-electron chi connectivity index (χ3n) is 3.13. The predicted octanol–water partition coefficient (Wildman–Crippen LogP) is 3.42. The van der Waals surface area contributed by atoms with E-state index in [1.807, 2.05) is 19.1 Å². The number of nitrogens with one attached hydrogen (secondary N) is 1. The van der Waals surface area contributed by atoms with Crippen LogP contribution >= 0.6 is 11.6 Å². The molecule has 3 N–H and O–H groups in total. The zero-order valence-corrected chi connectivity index (χ0v) is 12.3. The minimum Gasteiger partial charge on any atom is -0.396 e. The fourth-order valence-corrected chi connectivity index (χ4v) is 2.19. The molecule has 0 fully saturated rings. The maximum atomic E-state index is 13.3. The Hall–Kier alpha value is -2.07. The van der Waals surface area contributed by atoms with E-state index in [0.29, 0.717) is 11.4 Å². The lowest BCUT2D eigenvalue weighted by Crippen LogP contribution is -2.34. The lowest BCUT2D eigenvalue weighted by Gasteiger charge is -2.15. The Kier molecular flexibility index (Phi) is 4.81. The number of halogens is 2. The number of para-hydroxylation sites is 1. The van der Waals surface area contributed by atoms with Crippen molar-refractivity contribution in [3.05, 3.63) is 64.4 Å². The molecule has 110 valence electrons. The molecule has 2 rings (SSSR count). The average Bonchev–Trinajstić information content (AvgIpc) is 2.44. The van der Waals surface area contributed by atoms with Gasteiger partial charge in [-0.3, -0.25) is 4.79 Å². The molecule has 0 aliphatic carbocycles. The van der Waals surface area contributed by atoms with E-state index < -0.39 is 5.82 Å². The minimum atomic E-state index is -0.590. The SMILES string of the molecule is CC(Cc1ccc(Cl)cc1)NC(=O)c1cccc(F)c1N. The summed E-state index contributed by atoms with van der Waals surface area (Å²) in [5.74, 6) is -0.971. The van der Waals surface area contributed by atoms with Gasteiger partial charge >= 0.3 is 0 Å². The van der Waals surface area contributed by atoms with Crippen molar-refractivity contribution in [2.75, 3.05) is 5.73 Å². The molecule has 0 aliphatic heterocycles. The summed E-state index contributed by atoms with van der Waals surface area (Å²) in [7, 11) is 0. The van der Waals surface area contributed by atoms with E-state index in [9.17, 15) is 9.18 Å². The normalized spacial score (nSPS) is 12.0. The Morgan fingerprint density at radius 3 is 2.62 bits per heavy atom. The first-order chi connectivity index (χ1) is 9.97. The van der Waals surface area contributed by atoms with E-state index in [1.54, 1.807) is 12.1 Å². The van der Waals surface area contributed by atoms with Crippen LogP contribution < -0.4 is 11.1 Å². The van der Waals surface area contributed by atoms with Gasteiger partial charge in [0.05, 0.1) is 11.3 Å². The van der Waals surface area contributed by atoms with Gasteiger partial charge in [-0.1, -0.05) is 29.8 Å². The van der Waals surface area contributed by atoms with E-state index in [1.165, 1.54) is 18.2 Å². The Morgan fingerprint density at radius 2 is 1.95 bits per heavy atom. The van der Waals surface area contributed by atoms with Crippen molar-refractivity contribution in [3.63, 3.8) is 0 Å². The van der Waals surface area contributed by atoms with Gasteiger partial charge in [-0.25, -0.2) is 4.39 Å². The topological polar surface area (TPSA) is 55.1 Å². The molecular formula is C16H16ClFN2O. The fourth-order valence-electron chi connectivity index (χ4n) is 2.06. The third-order valence-corrected chi connectivity index (χ3v) is 3.38. The summed E-state index contributed by atoms with van der Waals surface area (Å²) >= 11 is 5.83. The lowest BCUT2D eigenvalue weighted by atomic mass is 10.1. The quantitative estimate of drug-likeness (QED) is 0.850. The number of carbonyl (C=O) groups excluding carboxylic acids is 1. The summed E-state index contributed by atoms with van der Waals surface area (Å²) in [5, 5.41) is 3.48. The molecule has 2 aromatic carbocycles. The van der Waals surface area contributed by atoms with Gasteiger partial charge in [-0.15, -0.1) is 0 Å². The first-order valence-corrected chi connectivity index (χ1v) is 6.94. The van der Waals surface area contributed by atoms with Gasteiger partial charge in [0, 0.05) is 11.1 Å². The van der Waals surface area contributed by atoms with E-state index in [-0.39, 0.29) is 23.2 Å². The lowest BCUT2D eigenvalue weighted by molar-refractivity contribution is 0.0940. The van der Waals surface area contributed by atoms with Crippen molar-refractivity contribution in [1.29, 1.82) is 0 Å². The van der Waals surface area contributed by atoms with Crippen LogP contribution in [0.1, 0.15) is 22.8 Å². The van der Waals surface area contributed by atoms with Crippen LogP contribution in [0, 0.1) is 5.82 Å². The van der Waals surface area contributed by atoms with Gasteiger partial charge < -0.3 is 11.1 Å². The number of hydrogen-bond acceptors (Lipinski definition) is 2. The second-order valence-corrected chi connectivity index (χ2v) is 5.34. The zero-order chi connectivity index (χ0) is 15.4. The van der Waals surface area contributed by atoms with E-state index in [4.69, 9.17) is 17.3 Å². The second-order valence-electron chi connectivity index (χ2n) is 4.91. The average molecular weight is 307 g/mol. The monoisotopic (exact) mass is 306 g/mol. The Morgan fingerprint density at radius 1 is 1.29 bits per heavy atom. The summed E-state index contributed by atoms with van der Waals surface area (Å²) in [5.41, 5.74) is 6.65. The Balaban J connectivity index is 2.02. The highest BCUT2D eigenvalue weighted by atomic mass is 35.5. The first kappa shape index (κ1) is 15.3. The molecule has 0 radical (unpaired) electrons. The Bertz CT molecular complexity index is 643. The minimum absolute atomic E-state index is 0.110. The van der Waals surface area contributed by atoms with Crippen LogP contribution in [0.2, 0.25) is 5.02 Å². The first-order valence-electron chi connectivity index (χ1n) is 6.56. The van der Waals surface area contributed by atoms with Crippen molar-refractivity contribution >= 4 is 23.2 Å². The number of amides is 1. The number of nitrogen functional groups attached to an aromatic ring is 1. The molecule has 1 atom stereocenters. The van der Waals surface area contributed by atoms with Crippen molar-refractivity contribution in [3.8, 4) is 0 Å². The highest BCUT2D eigenvalue weighted by Gasteiger charge is 2.15. The molecule has 1 unspecified atom stereocenters. The van der Waals surface area contributed by atoms with Crippen molar-refractivity contribution in [2.24, 2.45) is 0 Å². The second kappa shape index (κ2) is 6.59. The maximum Gasteiger partial charge on any atom is 0.253 e. The summed E-state index contributed by atoms with van der Waals surface area (Å²) in [4.78, 5) is 12.1. The molecule has 0 bridgehead atoms. The number of benzene rings is 2. The molecule has 0 saturated heterocycles. The van der Waals surface area contributed by atoms with Crippen LogP contribution in [0.4, 0.5) is 10.1 Å². The standard InChI is InChI=1S/C16H16ClFN2O/c1-10(9-11-5-7-12(17)8-6-11)20-16(21)13-3-2-4-14(18)15(13)19/h2-8,10H,9,19H2,1H3,(H,20,21). The van der Waals surface area contributed by atoms with Gasteiger partial charge in [0.15, 0.2) is 0 Å². The summed E-state index contributed by atoms with van der Waals surface area (Å²) in [6.45, 7) is 1.88. The molecule has 0 spiro atoms. The molecule has 5 heteroatoms. The van der Waals surface area contributed by atoms with Crippen molar-refractivity contribution in [1.82, 2.24) is 5.32 Å². The molecule has 0 saturated carbocycles. The van der Waals surface area contributed by atoms with Gasteiger partial charge in [0.2, 0.25) is 0 Å². The van der Waals surface area contributed by atoms with Crippen LogP contribution in [0.15, 0.2) is 42.5 Å². The molecule has 2 aromatic rings.